The fourth-order valence-electron chi connectivity index (χ4n) is 1.78. The molecule has 5 nitrogen and oxygen atoms in total. The van der Waals surface area contributed by atoms with Crippen LogP contribution in [0.1, 0.15) is 28.7 Å². The first-order valence-corrected chi connectivity index (χ1v) is 6.80. The molecule has 0 amide bonds. The van der Waals surface area contributed by atoms with Crippen LogP contribution in [0.4, 0.5) is 0 Å². The van der Waals surface area contributed by atoms with E-state index in [0.717, 1.165) is 24.2 Å². The molecule has 0 atom stereocenters. The van der Waals surface area contributed by atoms with Crippen LogP contribution < -0.4 is 5.32 Å². The average molecular weight is 290 g/mol. The number of hydrogen-bond donors (Lipinski definition) is 1. The molecular weight excluding hydrogens is 274 g/mol. The molecule has 1 aromatic heterocycles. The van der Waals surface area contributed by atoms with E-state index in [-0.39, 0.29) is 18.4 Å². The summed E-state index contributed by atoms with van der Waals surface area (Å²) in [4.78, 5) is 20.5. The van der Waals surface area contributed by atoms with E-state index in [0.29, 0.717) is 24.0 Å². The summed E-state index contributed by atoms with van der Waals surface area (Å²) in [5.74, 6) is -0.356. The van der Waals surface area contributed by atoms with Crippen LogP contribution in [0.25, 0.3) is 0 Å². The van der Waals surface area contributed by atoms with Crippen molar-refractivity contribution in [2.24, 2.45) is 0 Å². The summed E-state index contributed by atoms with van der Waals surface area (Å²) < 4.78 is 5.03. The largest absolute Gasteiger partial charge is 0.461 e. The van der Waals surface area contributed by atoms with E-state index in [1.54, 1.807) is 6.92 Å². The highest BCUT2D eigenvalue weighted by molar-refractivity contribution is 7.98. The van der Waals surface area contributed by atoms with Crippen LogP contribution in [0.2, 0.25) is 0 Å². The molecule has 1 N–H and O–H groups in total. The number of aromatic nitrogens is 2. The van der Waals surface area contributed by atoms with Crippen molar-refractivity contribution in [3.05, 3.63) is 17.0 Å². The minimum atomic E-state index is -0.356. The second-order valence-corrected chi connectivity index (χ2v) is 4.40. The Morgan fingerprint density at radius 1 is 1.50 bits per heavy atom. The van der Waals surface area contributed by atoms with E-state index >= 15 is 0 Å². The van der Waals surface area contributed by atoms with Crippen LogP contribution in [0.5, 0.6) is 0 Å². The summed E-state index contributed by atoms with van der Waals surface area (Å²) >= 11 is 1.44. The van der Waals surface area contributed by atoms with Gasteiger partial charge >= 0.3 is 5.97 Å². The monoisotopic (exact) mass is 289 g/mol. The van der Waals surface area contributed by atoms with Gasteiger partial charge in [0.05, 0.1) is 12.3 Å². The molecule has 0 aromatic carbocycles. The van der Waals surface area contributed by atoms with Gasteiger partial charge in [0.25, 0.3) is 0 Å². The Balaban J connectivity index is 0.00000162. The molecule has 18 heavy (non-hydrogen) atoms. The molecule has 100 valence electrons. The molecule has 0 radical (unpaired) electrons. The number of nitrogens with one attached hydrogen (secondary N) is 1. The van der Waals surface area contributed by atoms with Gasteiger partial charge in [0, 0.05) is 25.1 Å². The molecule has 0 spiro atoms. The van der Waals surface area contributed by atoms with Crippen LogP contribution in [0, 0.1) is 0 Å². The zero-order valence-electron chi connectivity index (χ0n) is 10.4. The zero-order valence-corrected chi connectivity index (χ0v) is 12.0. The maximum absolute atomic E-state index is 11.8. The lowest BCUT2D eigenvalue weighted by atomic mass is 10.1. The van der Waals surface area contributed by atoms with Crippen LogP contribution >= 0.6 is 24.2 Å². The Hall–Kier alpha value is -0.850. The molecule has 0 unspecified atom stereocenters. The van der Waals surface area contributed by atoms with E-state index in [4.69, 9.17) is 4.74 Å². The van der Waals surface area contributed by atoms with E-state index in [1.807, 2.05) is 6.26 Å². The van der Waals surface area contributed by atoms with E-state index in [2.05, 4.69) is 15.3 Å². The van der Waals surface area contributed by atoms with Gasteiger partial charge in [-0.05, 0) is 13.2 Å². The fourth-order valence-corrected chi connectivity index (χ4v) is 2.16. The summed E-state index contributed by atoms with van der Waals surface area (Å²) in [5, 5.41) is 3.85. The molecule has 0 bridgehead atoms. The average Bonchev–Trinajstić information content (AvgIpc) is 2.37. The van der Waals surface area contributed by atoms with Gasteiger partial charge < -0.3 is 10.1 Å². The van der Waals surface area contributed by atoms with Crippen LogP contribution in [0.3, 0.4) is 0 Å². The predicted molar refractivity (Wildman–Crippen MR) is 72.4 cm³/mol. The number of rotatable bonds is 3. The van der Waals surface area contributed by atoms with Crippen molar-refractivity contribution in [2.75, 3.05) is 19.4 Å². The first kappa shape index (κ1) is 15.2. The minimum absolute atomic E-state index is 0. The van der Waals surface area contributed by atoms with Gasteiger partial charge in [0.2, 0.25) is 0 Å². The van der Waals surface area contributed by atoms with Crippen molar-refractivity contribution in [2.45, 2.75) is 25.0 Å². The Morgan fingerprint density at radius 3 is 2.94 bits per heavy atom. The molecule has 2 heterocycles. The van der Waals surface area contributed by atoms with E-state index in [9.17, 15) is 4.79 Å². The van der Waals surface area contributed by atoms with Gasteiger partial charge in [-0.3, -0.25) is 0 Å². The third-order valence-electron chi connectivity index (χ3n) is 2.56. The molecular formula is C11H16ClN3O2S. The molecule has 7 heteroatoms. The van der Waals surface area contributed by atoms with Crippen molar-refractivity contribution in [1.82, 2.24) is 15.3 Å². The smallest absolute Gasteiger partial charge is 0.357 e. The number of carbonyl (C=O) groups is 1. The summed E-state index contributed by atoms with van der Waals surface area (Å²) in [6, 6.07) is 0. The lowest BCUT2D eigenvalue weighted by Gasteiger charge is -2.18. The number of thioether (sulfide) groups is 1. The maximum atomic E-state index is 11.8. The molecule has 0 saturated carbocycles. The maximum Gasteiger partial charge on any atom is 0.357 e. The first-order valence-electron chi connectivity index (χ1n) is 5.58. The summed E-state index contributed by atoms with van der Waals surface area (Å²) in [6.07, 6.45) is 2.73. The summed E-state index contributed by atoms with van der Waals surface area (Å²) in [7, 11) is 0. The zero-order chi connectivity index (χ0) is 12.3. The molecule has 2 rings (SSSR count). The standard InChI is InChI=1S/C11H15N3O2S.ClH/c1-3-16-10(15)9-7-6-12-5-4-8(7)13-11(14-9)17-2;/h12H,3-6H2,1-2H3;1H. The first-order chi connectivity index (χ1) is 8.26. The Labute approximate surface area is 117 Å². The number of carbonyl (C=O) groups excluding carboxylic acids is 1. The Kier molecular flexibility index (Phi) is 5.84. The van der Waals surface area contributed by atoms with Crippen LogP contribution in [-0.4, -0.2) is 35.3 Å². The Bertz CT molecular complexity index is 443. The number of nitrogens with zero attached hydrogens (tertiary/aromatic N) is 2. The molecule has 0 saturated heterocycles. The van der Waals surface area contributed by atoms with Crippen molar-refractivity contribution in [1.29, 1.82) is 0 Å². The Morgan fingerprint density at radius 2 is 2.28 bits per heavy atom. The van der Waals surface area contributed by atoms with Gasteiger partial charge in [-0.15, -0.1) is 12.4 Å². The molecule has 0 aliphatic carbocycles. The number of fused-ring (bicyclic) bond motifs is 1. The van der Waals surface area contributed by atoms with Crippen molar-refractivity contribution < 1.29 is 9.53 Å². The van der Waals surface area contributed by atoms with Gasteiger partial charge in [-0.25, -0.2) is 14.8 Å². The summed E-state index contributed by atoms with van der Waals surface area (Å²) in [6.45, 7) is 3.68. The van der Waals surface area contributed by atoms with Crippen LogP contribution in [-0.2, 0) is 17.7 Å². The number of hydrogen-bond acceptors (Lipinski definition) is 6. The summed E-state index contributed by atoms with van der Waals surface area (Å²) in [5.41, 5.74) is 2.26. The van der Waals surface area contributed by atoms with Crippen molar-refractivity contribution >= 4 is 30.1 Å². The third kappa shape index (κ3) is 3.13. The lowest BCUT2D eigenvalue weighted by molar-refractivity contribution is 0.0516. The highest BCUT2D eigenvalue weighted by Crippen LogP contribution is 2.20. The quantitative estimate of drug-likeness (QED) is 0.516. The normalized spacial score (nSPS) is 13.4. The SMILES string of the molecule is CCOC(=O)c1nc(SC)nc2c1CNCC2.Cl. The van der Waals surface area contributed by atoms with Gasteiger partial charge in [0.1, 0.15) is 0 Å². The molecule has 1 aliphatic rings. The molecule has 1 aromatic rings. The van der Waals surface area contributed by atoms with Crippen molar-refractivity contribution in [3.63, 3.8) is 0 Å². The lowest BCUT2D eigenvalue weighted by Crippen LogP contribution is -2.28. The van der Waals surface area contributed by atoms with Crippen molar-refractivity contribution in [3.8, 4) is 0 Å². The second-order valence-electron chi connectivity index (χ2n) is 3.63. The predicted octanol–water partition coefficient (Wildman–Crippen LogP) is 1.44. The molecule has 0 fully saturated rings. The number of ether oxygens (including phenoxy) is 1. The van der Waals surface area contributed by atoms with Gasteiger partial charge in [-0.1, -0.05) is 11.8 Å². The fraction of sp³-hybridized carbons (Fsp3) is 0.545. The van der Waals surface area contributed by atoms with Gasteiger partial charge in [-0.2, -0.15) is 0 Å². The third-order valence-corrected chi connectivity index (χ3v) is 3.11. The van der Waals surface area contributed by atoms with Gasteiger partial charge in [0.15, 0.2) is 10.9 Å². The van der Waals surface area contributed by atoms with E-state index in [1.165, 1.54) is 11.8 Å². The molecule has 1 aliphatic heterocycles. The topological polar surface area (TPSA) is 64.1 Å². The number of halogens is 1. The highest BCUT2D eigenvalue weighted by atomic mass is 35.5. The second kappa shape index (κ2) is 6.92. The highest BCUT2D eigenvalue weighted by Gasteiger charge is 2.22. The minimum Gasteiger partial charge on any atom is -0.461 e. The number of esters is 1. The van der Waals surface area contributed by atoms with Crippen LogP contribution in [0.15, 0.2) is 5.16 Å². The van der Waals surface area contributed by atoms with E-state index < -0.39 is 0 Å².